The van der Waals surface area contributed by atoms with Gasteiger partial charge in [0.2, 0.25) is 0 Å². The van der Waals surface area contributed by atoms with Gasteiger partial charge >= 0.3 is 0 Å². The van der Waals surface area contributed by atoms with Gasteiger partial charge in [0.25, 0.3) is 5.56 Å². The van der Waals surface area contributed by atoms with Crippen LogP contribution in [0.3, 0.4) is 0 Å². The minimum Gasteiger partial charge on any atom is -0.295 e. The Bertz CT molecular complexity index is 569. The van der Waals surface area contributed by atoms with Crippen LogP contribution in [0, 0.1) is 12.7 Å². The summed E-state index contributed by atoms with van der Waals surface area (Å²) in [6.45, 7) is 3.74. The first-order valence-corrected chi connectivity index (χ1v) is 5.19. The number of H-pyrrole nitrogens is 1. The molecule has 0 bridgehead atoms. The lowest BCUT2D eigenvalue weighted by atomic mass is 10.2. The highest BCUT2D eigenvalue weighted by atomic mass is 19.1. The molecule has 0 spiro atoms. The summed E-state index contributed by atoms with van der Waals surface area (Å²) in [6.07, 6.45) is 0.766. The largest absolute Gasteiger partial charge is 0.295 e. The summed E-state index contributed by atoms with van der Waals surface area (Å²) in [6, 6.07) is 5.92. The third-order valence-corrected chi connectivity index (χ3v) is 2.55. The number of halogens is 1. The summed E-state index contributed by atoms with van der Waals surface area (Å²) < 4.78 is 14.4. The number of nitrogens with one attached hydrogen (secondary N) is 1. The number of nitrogens with zero attached hydrogens (tertiary/aromatic N) is 1. The summed E-state index contributed by atoms with van der Waals surface area (Å²) >= 11 is 0. The highest BCUT2D eigenvalue weighted by Crippen LogP contribution is 2.13. The van der Waals surface area contributed by atoms with Crippen LogP contribution in [0.1, 0.15) is 18.2 Å². The fraction of sp³-hybridized carbons (Fsp3) is 0.250. The van der Waals surface area contributed by atoms with E-state index in [9.17, 15) is 9.18 Å². The second-order valence-corrected chi connectivity index (χ2v) is 3.74. The third kappa shape index (κ3) is 1.78. The Morgan fingerprint density at radius 2 is 2.12 bits per heavy atom. The minimum absolute atomic E-state index is 0.119. The number of hydrogen-bond acceptors (Lipinski definition) is 1. The molecule has 0 saturated heterocycles. The van der Waals surface area contributed by atoms with Gasteiger partial charge in [-0.1, -0.05) is 6.92 Å². The molecule has 0 fully saturated rings. The van der Waals surface area contributed by atoms with E-state index in [2.05, 4.69) is 5.10 Å². The normalized spacial score (nSPS) is 10.7. The highest BCUT2D eigenvalue weighted by Gasteiger charge is 2.07. The zero-order valence-electron chi connectivity index (χ0n) is 9.25. The van der Waals surface area contributed by atoms with Crippen LogP contribution in [-0.4, -0.2) is 9.78 Å². The van der Waals surface area contributed by atoms with Crippen LogP contribution in [0.15, 0.2) is 29.1 Å². The van der Waals surface area contributed by atoms with Crippen LogP contribution in [0.4, 0.5) is 4.39 Å². The Kier molecular flexibility index (Phi) is 2.64. The molecule has 0 aliphatic carbocycles. The second-order valence-electron chi connectivity index (χ2n) is 3.74. The molecule has 84 valence electrons. The molecule has 0 aliphatic rings. The predicted octanol–water partition coefficient (Wildman–Crippen LogP) is 2.18. The van der Waals surface area contributed by atoms with Gasteiger partial charge in [0, 0.05) is 11.8 Å². The van der Waals surface area contributed by atoms with E-state index in [1.54, 1.807) is 19.1 Å². The van der Waals surface area contributed by atoms with E-state index in [4.69, 9.17) is 0 Å². The first-order valence-electron chi connectivity index (χ1n) is 5.19. The van der Waals surface area contributed by atoms with Gasteiger partial charge in [-0.3, -0.25) is 9.89 Å². The van der Waals surface area contributed by atoms with Crippen molar-refractivity contribution in [1.82, 2.24) is 9.78 Å². The molecule has 0 radical (unpaired) electrons. The van der Waals surface area contributed by atoms with Crippen molar-refractivity contribution in [2.75, 3.05) is 0 Å². The van der Waals surface area contributed by atoms with E-state index in [0.717, 1.165) is 17.7 Å². The second kappa shape index (κ2) is 3.96. The number of aromatic nitrogens is 2. The lowest BCUT2D eigenvalue weighted by molar-refractivity contribution is 0.625. The van der Waals surface area contributed by atoms with Crippen molar-refractivity contribution < 1.29 is 4.39 Å². The van der Waals surface area contributed by atoms with Crippen LogP contribution in [-0.2, 0) is 6.42 Å². The van der Waals surface area contributed by atoms with Gasteiger partial charge in [0.05, 0.1) is 5.69 Å². The molecule has 0 saturated carbocycles. The summed E-state index contributed by atoms with van der Waals surface area (Å²) in [4.78, 5) is 11.7. The molecular formula is C12H13FN2O. The van der Waals surface area contributed by atoms with Gasteiger partial charge in [0.15, 0.2) is 0 Å². The van der Waals surface area contributed by atoms with Crippen molar-refractivity contribution in [3.8, 4) is 5.69 Å². The predicted molar refractivity (Wildman–Crippen MR) is 60.5 cm³/mol. The van der Waals surface area contributed by atoms with Crippen LogP contribution in [0.5, 0.6) is 0 Å². The molecule has 1 aromatic carbocycles. The van der Waals surface area contributed by atoms with E-state index >= 15 is 0 Å². The zero-order chi connectivity index (χ0) is 11.7. The van der Waals surface area contributed by atoms with E-state index in [0.29, 0.717) is 5.69 Å². The summed E-state index contributed by atoms with van der Waals surface area (Å²) in [7, 11) is 0. The van der Waals surface area contributed by atoms with Gasteiger partial charge in [0.1, 0.15) is 5.82 Å². The number of aromatic amines is 1. The maximum atomic E-state index is 12.9. The molecule has 0 aliphatic heterocycles. The first kappa shape index (κ1) is 10.7. The molecule has 4 heteroatoms. The number of rotatable bonds is 2. The van der Waals surface area contributed by atoms with Gasteiger partial charge < -0.3 is 0 Å². The van der Waals surface area contributed by atoms with Crippen LogP contribution in [0.25, 0.3) is 5.69 Å². The fourth-order valence-corrected chi connectivity index (χ4v) is 1.67. The molecule has 2 rings (SSSR count). The molecule has 16 heavy (non-hydrogen) atoms. The van der Waals surface area contributed by atoms with E-state index in [1.165, 1.54) is 16.8 Å². The molecule has 1 N–H and O–H groups in total. The molecular weight excluding hydrogens is 207 g/mol. The first-order chi connectivity index (χ1) is 7.61. The Labute approximate surface area is 92.5 Å². The molecule has 3 nitrogen and oxygen atoms in total. The van der Waals surface area contributed by atoms with Crippen LogP contribution in [0.2, 0.25) is 0 Å². The smallest absolute Gasteiger partial charge is 0.271 e. The monoisotopic (exact) mass is 220 g/mol. The Morgan fingerprint density at radius 1 is 1.38 bits per heavy atom. The zero-order valence-corrected chi connectivity index (χ0v) is 9.25. The summed E-state index contributed by atoms with van der Waals surface area (Å²) in [5.74, 6) is -0.295. The molecule has 0 atom stereocenters. The average Bonchev–Trinajstić information content (AvgIpc) is 2.60. The lowest BCUT2D eigenvalue weighted by Crippen LogP contribution is -2.14. The van der Waals surface area contributed by atoms with Crippen molar-refractivity contribution in [3.05, 3.63) is 51.7 Å². The van der Waals surface area contributed by atoms with E-state index in [-0.39, 0.29) is 11.4 Å². The quantitative estimate of drug-likeness (QED) is 0.827. The standard InChI is InChI=1S/C12H13FN2O/c1-3-10-7-12(16)15(14-10)11-5-4-9(13)6-8(11)2/h4-7,14H,3H2,1-2H3. The molecule has 1 heterocycles. The third-order valence-electron chi connectivity index (χ3n) is 2.55. The molecule has 2 aromatic rings. The fourth-order valence-electron chi connectivity index (χ4n) is 1.67. The van der Waals surface area contributed by atoms with Gasteiger partial charge in [-0.15, -0.1) is 0 Å². The lowest BCUT2D eigenvalue weighted by Gasteiger charge is -2.05. The average molecular weight is 220 g/mol. The topological polar surface area (TPSA) is 37.8 Å². The maximum Gasteiger partial charge on any atom is 0.271 e. The Hall–Kier alpha value is -1.84. The number of hydrogen-bond donors (Lipinski definition) is 1. The van der Waals surface area contributed by atoms with Crippen molar-refractivity contribution in [1.29, 1.82) is 0 Å². The van der Waals surface area contributed by atoms with Crippen LogP contribution < -0.4 is 5.56 Å². The van der Waals surface area contributed by atoms with Crippen molar-refractivity contribution in [2.24, 2.45) is 0 Å². The maximum absolute atomic E-state index is 12.9. The summed E-state index contributed by atoms with van der Waals surface area (Å²) in [5, 5.41) is 2.99. The Balaban J connectivity index is 2.58. The van der Waals surface area contributed by atoms with Crippen LogP contribution >= 0.6 is 0 Å². The van der Waals surface area contributed by atoms with Gasteiger partial charge in [-0.05, 0) is 37.1 Å². The summed E-state index contributed by atoms with van der Waals surface area (Å²) in [5.41, 5.74) is 2.16. The molecule has 0 unspecified atom stereocenters. The van der Waals surface area contributed by atoms with Crippen molar-refractivity contribution in [2.45, 2.75) is 20.3 Å². The van der Waals surface area contributed by atoms with Crippen molar-refractivity contribution in [3.63, 3.8) is 0 Å². The SMILES string of the molecule is CCc1cc(=O)n(-c2ccc(F)cc2C)[nH]1. The molecule has 1 aromatic heterocycles. The van der Waals surface area contributed by atoms with Gasteiger partial charge in [-0.2, -0.15) is 0 Å². The number of benzene rings is 1. The van der Waals surface area contributed by atoms with Gasteiger partial charge in [-0.25, -0.2) is 9.07 Å². The highest BCUT2D eigenvalue weighted by molar-refractivity contribution is 5.39. The van der Waals surface area contributed by atoms with Crippen molar-refractivity contribution >= 4 is 0 Å². The minimum atomic E-state index is -0.295. The van der Waals surface area contributed by atoms with E-state index < -0.39 is 0 Å². The molecule has 0 amide bonds. The Morgan fingerprint density at radius 3 is 2.69 bits per heavy atom. The van der Waals surface area contributed by atoms with E-state index in [1.807, 2.05) is 6.92 Å². The number of aryl methyl sites for hydroxylation is 2.